The van der Waals surface area contributed by atoms with Gasteiger partial charge in [-0.1, -0.05) is 44.7 Å². The van der Waals surface area contributed by atoms with Gasteiger partial charge in [-0.05, 0) is 18.4 Å². The van der Waals surface area contributed by atoms with Gasteiger partial charge in [0.1, 0.15) is 10.9 Å². The molecular weight excluding hydrogens is 222 g/mol. The van der Waals surface area contributed by atoms with E-state index >= 15 is 0 Å². The van der Waals surface area contributed by atoms with Gasteiger partial charge < -0.3 is 4.74 Å². The zero-order chi connectivity index (χ0) is 11.8. The van der Waals surface area contributed by atoms with Crippen molar-refractivity contribution in [3.05, 3.63) is 23.5 Å². The molecule has 1 rings (SSSR count). The Morgan fingerprint density at radius 3 is 2.88 bits per heavy atom. The summed E-state index contributed by atoms with van der Waals surface area (Å²) in [5.74, 6) is 1.46. The molecule has 1 aromatic rings. The van der Waals surface area contributed by atoms with Gasteiger partial charge in [0.15, 0.2) is 0 Å². The first-order chi connectivity index (χ1) is 7.76. The fourth-order valence-electron chi connectivity index (χ4n) is 1.59. The molecule has 0 saturated heterocycles. The maximum Gasteiger partial charge on any atom is 0.132 e. The third-order valence-electron chi connectivity index (χ3n) is 2.73. The van der Waals surface area contributed by atoms with E-state index in [0.29, 0.717) is 11.1 Å². The molecule has 0 saturated carbocycles. The molecule has 0 aromatic carbocycles. The Morgan fingerprint density at radius 2 is 2.25 bits per heavy atom. The molecule has 0 fully saturated rings. The van der Waals surface area contributed by atoms with Gasteiger partial charge in [0.25, 0.3) is 0 Å². The molecule has 16 heavy (non-hydrogen) atoms. The van der Waals surface area contributed by atoms with E-state index in [1.54, 1.807) is 12.3 Å². The smallest absolute Gasteiger partial charge is 0.132 e. The number of hydrogen-bond donors (Lipinski definition) is 0. The van der Waals surface area contributed by atoms with Crippen LogP contribution in [0, 0.1) is 5.92 Å². The summed E-state index contributed by atoms with van der Waals surface area (Å²) in [6.07, 6.45) is 6.60. The van der Waals surface area contributed by atoms with Gasteiger partial charge in [-0.3, -0.25) is 0 Å². The van der Waals surface area contributed by atoms with E-state index < -0.39 is 0 Å². The number of aromatic nitrogens is 1. The molecule has 0 bridgehead atoms. The van der Waals surface area contributed by atoms with Gasteiger partial charge in [-0.25, -0.2) is 4.98 Å². The molecule has 1 atom stereocenters. The monoisotopic (exact) mass is 241 g/mol. The van der Waals surface area contributed by atoms with E-state index in [1.807, 2.05) is 6.07 Å². The molecule has 90 valence electrons. The van der Waals surface area contributed by atoms with Crippen LogP contribution in [0.1, 0.15) is 39.5 Å². The van der Waals surface area contributed by atoms with Crippen LogP contribution in [0.3, 0.4) is 0 Å². The van der Waals surface area contributed by atoms with Crippen LogP contribution < -0.4 is 4.74 Å². The molecule has 0 N–H and O–H groups in total. The minimum Gasteiger partial charge on any atom is -0.493 e. The molecule has 0 radical (unpaired) electrons. The van der Waals surface area contributed by atoms with E-state index in [0.717, 1.165) is 12.4 Å². The van der Waals surface area contributed by atoms with Crippen molar-refractivity contribution < 1.29 is 4.74 Å². The lowest BCUT2D eigenvalue weighted by Crippen LogP contribution is -2.11. The summed E-state index contributed by atoms with van der Waals surface area (Å²) in [7, 11) is 0. The fraction of sp³-hybridized carbons (Fsp3) is 0.615. The summed E-state index contributed by atoms with van der Waals surface area (Å²) < 4.78 is 5.71. The van der Waals surface area contributed by atoms with Gasteiger partial charge in [0.2, 0.25) is 0 Å². The number of nitrogens with zero attached hydrogens (tertiary/aromatic N) is 1. The predicted octanol–water partition coefficient (Wildman–Crippen LogP) is 4.33. The highest BCUT2D eigenvalue weighted by molar-refractivity contribution is 6.29. The largest absolute Gasteiger partial charge is 0.493 e. The minimum absolute atomic E-state index is 0.485. The normalized spacial score (nSPS) is 12.4. The molecule has 1 heterocycles. The van der Waals surface area contributed by atoms with Gasteiger partial charge >= 0.3 is 0 Å². The summed E-state index contributed by atoms with van der Waals surface area (Å²) >= 11 is 5.79. The Morgan fingerprint density at radius 1 is 1.44 bits per heavy atom. The van der Waals surface area contributed by atoms with Gasteiger partial charge in [-0.15, -0.1) is 0 Å². The Balaban J connectivity index is 2.37. The molecule has 1 aromatic heterocycles. The quantitative estimate of drug-likeness (QED) is 0.663. The fourth-order valence-corrected chi connectivity index (χ4v) is 1.75. The second kappa shape index (κ2) is 7.50. The van der Waals surface area contributed by atoms with Crippen molar-refractivity contribution in [3.63, 3.8) is 0 Å². The highest BCUT2D eigenvalue weighted by Crippen LogP contribution is 2.18. The second-order valence-corrected chi connectivity index (χ2v) is 4.43. The Hall–Kier alpha value is -0.760. The molecule has 1 unspecified atom stereocenters. The highest BCUT2D eigenvalue weighted by Gasteiger charge is 2.06. The molecule has 0 amide bonds. The minimum atomic E-state index is 0.485. The Bertz CT molecular complexity index is 304. The van der Waals surface area contributed by atoms with Crippen LogP contribution in [0.25, 0.3) is 0 Å². The van der Waals surface area contributed by atoms with Crippen LogP contribution in [0.15, 0.2) is 18.3 Å². The van der Waals surface area contributed by atoms with Crippen LogP contribution in [0.2, 0.25) is 5.15 Å². The third-order valence-corrected chi connectivity index (χ3v) is 2.93. The van der Waals surface area contributed by atoms with Gasteiger partial charge in [0.05, 0.1) is 6.61 Å². The Kier molecular flexibility index (Phi) is 6.24. The number of ether oxygens (including phenoxy) is 1. The number of rotatable bonds is 7. The average molecular weight is 242 g/mol. The summed E-state index contributed by atoms with van der Waals surface area (Å²) in [6.45, 7) is 5.20. The number of halogens is 1. The summed E-state index contributed by atoms with van der Waals surface area (Å²) in [4.78, 5) is 3.92. The molecule has 0 aliphatic heterocycles. The number of unbranched alkanes of at least 4 members (excludes halogenated alkanes) is 1. The van der Waals surface area contributed by atoms with Crippen LogP contribution in [0.5, 0.6) is 5.75 Å². The van der Waals surface area contributed by atoms with E-state index in [2.05, 4.69) is 18.8 Å². The topological polar surface area (TPSA) is 22.1 Å². The maximum absolute atomic E-state index is 5.79. The van der Waals surface area contributed by atoms with Crippen molar-refractivity contribution in [2.45, 2.75) is 39.5 Å². The molecule has 0 spiro atoms. The highest BCUT2D eigenvalue weighted by atomic mass is 35.5. The lowest BCUT2D eigenvalue weighted by molar-refractivity contribution is 0.233. The maximum atomic E-state index is 5.79. The van der Waals surface area contributed by atoms with E-state index in [4.69, 9.17) is 16.3 Å². The summed E-state index contributed by atoms with van der Waals surface area (Å²) in [5.41, 5.74) is 0. The predicted molar refractivity (Wildman–Crippen MR) is 68.0 cm³/mol. The first kappa shape index (κ1) is 13.3. The summed E-state index contributed by atoms with van der Waals surface area (Å²) in [6, 6.07) is 3.60. The average Bonchev–Trinajstić information content (AvgIpc) is 2.29. The first-order valence-corrected chi connectivity index (χ1v) is 6.38. The lowest BCUT2D eigenvalue weighted by Gasteiger charge is -2.15. The molecule has 0 aliphatic carbocycles. The van der Waals surface area contributed by atoms with Crippen LogP contribution >= 0.6 is 11.6 Å². The van der Waals surface area contributed by atoms with Crippen molar-refractivity contribution in [2.24, 2.45) is 5.92 Å². The van der Waals surface area contributed by atoms with Crippen molar-refractivity contribution in [1.82, 2.24) is 4.98 Å². The van der Waals surface area contributed by atoms with E-state index in [-0.39, 0.29) is 0 Å². The van der Waals surface area contributed by atoms with E-state index in [9.17, 15) is 0 Å². The van der Waals surface area contributed by atoms with Crippen molar-refractivity contribution in [3.8, 4) is 5.75 Å². The number of hydrogen-bond acceptors (Lipinski definition) is 2. The van der Waals surface area contributed by atoms with Gasteiger partial charge in [0, 0.05) is 12.3 Å². The SMILES string of the molecule is CCCCC(CC)COc1ccnc(Cl)c1. The third kappa shape index (κ3) is 4.84. The molecule has 0 aliphatic rings. The van der Waals surface area contributed by atoms with Crippen molar-refractivity contribution >= 4 is 11.6 Å². The molecule has 3 heteroatoms. The standard InChI is InChI=1S/C13H20ClNO/c1-3-5-6-11(4-2)10-16-12-7-8-15-13(14)9-12/h7-9,11H,3-6,10H2,1-2H3. The zero-order valence-electron chi connectivity index (χ0n) is 10.1. The zero-order valence-corrected chi connectivity index (χ0v) is 10.8. The lowest BCUT2D eigenvalue weighted by atomic mass is 10.0. The summed E-state index contributed by atoms with van der Waals surface area (Å²) in [5, 5.41) is 0.485. The number of pyridine rings is 1. The second-order valence-electron chi connectivity index (χ2n) is 4.04. The van der Waals surface area contributed by atoms with E-state index in [1.165, 1.54) is 25.7 Å². The van der Waals surface area contributed by atoms with Crippen molar-refractivity contribution in [1.29, 1.82) is 0 Å². The van der Waals surface area contributed by atoms with Gasteiger partial charge in [-0.2, -0.15) is 0 Å². The van der Waals surface area contributed by atoms with Crippen LogP contribution in [0.4, 0.5) is 0 Å². The first-order valence-electron chi connectivity index (χ1n) is 6.00. The molecule has 2 nitrogen and oxygen atoms in total. The van der Waals surface area contributed by atoms with Crippen LogP contribution in [-0.4, -0.2) is 11.6 Å². The Labute approximate surface area is 103 Å². The molecular formula is C13H20ClNO. The van der Waals surface area contributed by atoms with Crippen LogP contribution in [-0.2, 0) is 0 Å². The van der Waals surface area contributed by atoms with Crippen molar-refractivity contribution in [2.75, 3.05) is 6.61 Å².